The van der Waals surface area contributed by atoms with Gasteiger partial charge in [-0.15, -0.1) is 0 Å². The van der Waals surface area contributed by atoms with Gasteiger partial charge in [0.2, 0.25) is 0 Å². The summed E-state index contributed by atoms with van der Waals surface area (Å²) in [6.45, 7) is 1.98. The lowest BCUT2D eigenvalue weighted by Gasteiger charge is -2.13. The van der Waals surface area contributed by atoms with Gasteiger partial charge in [-0.05, 0) is 17.7 Å². The number of carbonyl (C=O) groups excluding carboxylic acids is 1. The van der Waals surface area contributed by atoms with E-state index in [2.05, 4.69) is 20.5 Å². The second-order valence-electron chi connectivity index (χ2n) is 5.31. The minimum atomic E-state index is -1.24. The van der Waals surface area contributed by atoms with Crippen molar-refractivity contribution in [1.82, 2.24) is 15.2 Å². The Labute approximate surface area is 139 Å². The first kappa shape index (κ1) is 15.9. The molecular weight excluding hydrogens is 304 g/mol. The molecule has 1 amide bonds. The van der Waals surface area contributed by atoms with Crippen LogP contribution in [-0.2, 0) is 11.2 Å². The minimum absolute atomic E-state index is 0.500. The van der Waals surface area contributed by atoms with Crippen LogP contribution in [0.3, 0.4) is 0 Å². The van der Waals surface area contributed by atoms with E-state index < -0.39 is 12.0 Å². The normalized spacial score (nSPS) is 11.9. The molecule has 6 nitrogen and oxygen atoms in total. The summed E-state index contributed by atoms with van der Waals surface area (Å²) in [6, 6.07) is 16.0. The van der Waals surface area contributed by atoms with Gasteiger partial charge in [0.15, 0.2) is 11.9 Å². The molecule has 6 heteroatoms. The van der Waals surface area contributed by atoms with Crippen molar-refractivity contribution in [3.63, 3.8) is 0 Å². The second kappa shape index (κ2) is 7.06. The highest BCUT2D eigenvalue weighted by atomic mass is 16.3. The van der Waals surface area contributed by atoms with E-state index in [9.17, 15) is 9.90 Å². The third-order valence-electron chi connectivity index (χ3n) is 3.66. The number of aliphatic hydroxyl groups excluding tert-OH is 1. The first-order valence-corrected chi connectivity index (χ1v) is 7.73. The van der Waals surface area contributed by atoms with Gasteiger partial charge in [-0.25, -0.2) is 4.98 Å². The largest absolute Gasteiger partial charge is 0.378 e. The summed E-state index contributed by atoms with van der Waals surface area (Å²) in [7, 11) is 0. The number of nitrogens with one attached hydrogen (secondary N) is 2. The lowest BCUT2D eigenvalue weighted by atomic mass is 10.1. The zero-order valence-corrected chi connectivity index (χ0v) is 13.2. The maximum Gasteiger partial charge on any atom is 0.257 e. The molecule has 2 aromatic carbocycles. The van der Waals surface area contributed by atoms with Crippen LogP contribution in [0.25, 0.3) is 11.4 Å². The molecule has 0 spiro atoms. The van der Waals surface area contributed by atoms with Crippen LogP contribution >= 0.6 is 0 Å². The van der Waals surface area contributed by atoms with E-state index in [4.69, 9.17) is 0 Å². The summed E-state index contributed by atoms with van der Waals surface area (Å²) < 4.78 is 0. The molecule has 1 atom stereocenters. The second-order valence-corrected chi connectivity index (χ2v) is 5.31. The molecule has 0 aliphatic carbocycles. The first-order valence-electron chi connectivity index (χ1n) is 7.73. The standard InChI is InChI=1S/C18H18N4O2/c1-2-15-20-17(22-21-15)13-10-6-7-11-14(13)19-18(24)16(23)12-8-4-3-5-9-12/h3-11,16,23H,2H2,1H3,(H,19,24)(H,20,21,22). The summed E-state index contributed by atoms with van der Waals surface area (Å²) >= 11 is 0. The highest BCUT2D eigenvalue weighted by Gasteiger charge is 2.19. The molecule has 3 N–H and O–H groups in total. The molecule has 3 aromatic rings. The van der Waals surface area contributed by atoms with Crippen molar-refractivity contribution in [2.75, 3.05) is 5.32 Å². The number of carbonyl (C=O) groups is 1. The molecular formula is C18H18N4O2. The average Bonchev–Trinajstić information content (AvgIpc) is 3.11. The van der Waals surface area contributed by atoms with Gasteiger partial charge >= 0.3 is 0 Å². The van der Waals surface area contributed by atoms with Gasteiger partial charge in [0.25, 0.3) is 5.91 Å². The zero-order chi connectivity index (χ0) is 16.9. The smallest absolute Gasteiger partial charge is 0.257 e. The van der Waals surface area contributed by atoms with Gasteiger partial charge < -0.3 is 10.4 Å². The zero-order valence-electron chi connectivity index (χ0n) is 13.2. The monoisotopic (exact) mass is 322 g/mol. The number of aromatic amines is 1. The summed E-state index contributed by atoms with van der Waals surface area (Å²) in [4.78, 5) is 16.7. The van der Waals surface area contributed by atoms with Crippen LogP contribution in [0, 0.1) is 0 Å². The average molecular weight is 322 g/mol. The third-order valence-corrected chi connectivity index (χ3v) is 3.66. The van der Waals surface area contributed by atoms with E-state index in [1.807, 2.05) is 25.1 Å². The van der Waals surface area contributed by atoms with E-state index in [1.54, 1.807) is 36.4 Å². The van der Waals surface area contributed by atoms with Crippen molar-refractivity contribution < 1.29 is 9.90 Å². The van der Waals surface area contributed by atoms with E-state index >= 15 is 0 Å². The van der Waals surface area contributed by atoms with Crippen LogP contribution in [0.5, 0.6) is 0 Å². The molecule has 24 heavy (non-hydrogen) atoms. The maximum absolute atomic E-state index is 12.3. The van der Waals surface area contributed by atoms with Gasteiger partial charge in [0.05, 0.1) is 5.69 Å². The van der Waals surface area contributed by atoms with Crippen molar-refractivity contribution >= 4 is 11.6 Å². The molecule has 0 aliphatic heterocycles. The number of amides is 1. The Hall–Kier alpha value is -2.99. The number of aromatic nitrogens is 3. The van der Waals surface area contributed by atoms with Crippen LogP contribution in [0.15, 0.2) is 54.6 Å². The Morgan fingerprint density at radius 3 is 2.58 bits per heavy atom. The van der Waals surface area contributed by atoms with E-state index in [0.717, 1.165) is 12.2 Å². The van der Waals surface area contributed by atoms with Crippen LogP contribution in [0.1, 0.15) is 24.4 Å². The third kappa shape index (κ3) is 3.33. The number of rotatable bonds is 5. The van der Waals surface area contributed by atoms with Crippen LogP contribution in [-0.4, -0.2) is 26.2 Å². The summed E-state index contributed by atoms with van der Waals surface area (Å²) in [5, 5.41) is 20.0. The summed E-state index contributed by atoms with van der Waals surface area (Å²) in [5.74, 6) is 0.785. The van der Waals surface area contributed by atoms with Gasteiger partial charge in [-0.3, -0.25) is 9.89 Å². The number of aryl methyl sites for hydroxylation is 1. The molecule has 1 aromatic heterocycles. The van der Waals surface area contributed by atoms with E-state index in [0.29, 0.717) is 22.6 Å². The molecule has 0 saturated heterocycles. The Kier molecular flexibility index (Phi) is 4.67. The van der Waals surface area contributed by atoms with Gasteiger partial charge in [-0.2, -0.15) is 5.10 Å². The number of hydrogen-bond acceptors (Lipinski definition) is 4. The molecule has 0 aliphatic rings. The lowest BCUT2D eigenvalue weighted by molar-refractivity contribution is -0.124. The molecule has 0 saturated carbocycles. The summed E-state index contributed by atoms with van der Waals surface area (Å²) in [6.07, 6.45) is -0.494. The number of hydrogen-bond donors (Lipinski definition) is 3. The molecule has 122 valence electrons. The topological polar surface area (TPSA) is 90.9 Å². The summed E-state index contributed by atoms with van der Waals surface area (Å²) in [5.41, 5.74) is 1.79. The van der Waals surface area contributed by atoms with Gasteiger partial charge in [-0.1, -0.05) is 49.4 Å². The molecule has 0 bridgehead atoms. The van der Waals surface area contributed by atoms with E-state index in [1.165, 1.54) is 0 Å². The lowest BCUT2D eigenvalue weighted by Crippen LogP contribution is -2.21. The van der Waals surface area contributed by atoms with Crippen molar-refractivity contribution in [2.45, 2.75) is 19.4 Å². The van der Waals surface area contributed by atoms with Crippen LogP contribution < -0.4 is 5.32 Å². The number of benzene rings is 2. The highest BCUT2D eigenvalue weighted by molar-refractivity contribution is 5.97. The quantitative estimate of drug-likeness (QED) is 0.673. The minimum Gasteiger partial charge on any atom is -0.378 e. The van der Waals surface area contributed by atoms with Crippen molar-refractivity contribution in [1.29, 1.82) is 0 Å². The highest BCUT2D eigenvalue weighted by Crippen LogP contribution is 2.26. The molecule has 0 fully saturated rings. The number of H-pyrrole nitrogens is 1. The first-order chi connectivity index (χ1) is 11.7. The fourth-order valence-electron chi connectivity index (χ4n) is 2.35. The fourth-order valence-corrected chi connectivity index (χ4v) is 2.35. The number of para-hydroxylation sites is 1. The predicted molar refractivity (Wildman–Crippen MR) is 91.2 cm³/mol. The van der Waals surface area contributed by atoms with E-state index in [-0.39, 0.29) is 0 Å². The predicted octanol–water partition coefficient (Wildman–Crippen LogP) is 2.71. The Balaban J connectivity index is 1.84. The SMILES string of the molecule is CCc1nc(-c2ccccc2NC(=O)C(O)c2ccccc2)n[nH]1. The Bertz CT molecular complexity index is 830. The van der Waals surface area contributed by atoms with Crippen LogP contribution in [0.2, 0.25) is 0 Å². The molecule has 1 unspecified atom stereocenters. The number of anilines is 1. The van der Waals surface area contributed by atoms with Crippen molar-refractivity contribution in [3.05, 3.63) is 66.0 Å². The van der Waals surface area contributed by atoms with Crippen LogP contribution in [0.4, 0.5) is 5.69 Å². The van der Waals surface area contributed by atoms with Gasteiger partial charge in [0, 0.05) is 12.0 Å². The molecule has 1 heterocycles. The Morgan fingerprint density at radius 1 is 1.17 bits per heavy atom. The molecule has 3 rings (SSSR count). The van der Waals surface area contributed by atoms with Crippen molar-refractivity contribution in [3.8, 4) is 11.4 Å². The van der Waals surface area contributed by atoms with Gasteiger partial charge in [0.1, 0.15) is 5.82 Å². The Morgan fingerprint density at radius 2 is 1.88 bits per heavy atom. The number of nitrogens with zero attached hydrogens (tertiary/aromatic N) is 2. The maximum atomic E-state index is 12.3. The number of aliphatic hydroxyl groups is 1. The fraction of sp³-hybridized carbons (Fsp3) is 0.167. The molecule has 0 radical (unpaired) electrons. The van der Waals surface area contributed by atoms with Crippen molar-refractivity contribution in [2.24, 2.45) is 0 Å².